The molecule has 3 rings (SSSR count). The Morgan fingerprint density at radius 2 is 1.29 bits per heavy atom. The van der Waals surface area contributed by atoms with Crippen molar-refractivity contribution in [1.82, 2.24) is 4.90 Å². The molecule has 0 amide bonds. The van der Waals surface area contributed by atoms with Crippen LogP contribution >= 0.6 is 0 Å². The Labute approximate surface area is 128 Å². The quantitative estimate of drug-likeness (QED) is 0.895. The van der Waals surface area contributed by atoms with Crippen molar-refractivity contribution in [1.29, 1.82) is 0 Å². The zero-order chi connectivity index (χ0) is 14.5. The van der Waals surface area contributed by atoms with Crippen LogP contribution in [0.1, 0.15) is 19.3 Å². The van der Waals surface area contributed by atoms with Crippen molar-refractivity contribution < 1.29 is 5.11 Å². The summed E-state index contributed by atoms with van der Waals surface area (Å²) in [5.41, 5.74) is 2.72. The van der Waals surface area contributed by atoms with Gasteiger partial charge in [-0.2, -0.15) is 0 Å². The number of rotatable bonds is 5. The van der Waals surface area contributed by atoms with E-state index in [0.717, 1.165) is 39.1 Å². The predicted molar refractivity (Wildman–Crippen MR) is 88.2 cm³/mol. The smallest absolute Gasteiger partial charge is 0.0443 e. The summed E-state index contributed by atoms with van der Waals surface area (Å²) in [4.78, 5) is 7.41. The van der Waals surface area contributed by atoms with Gasteiger partial charge in [0.1, 0.15) is 0 Å². The van der Waals surface area contributed by atoms with E-state index in [9.17, 15) is 0 Å². The Bertz CT molecular complexity index is 420. The highest BCUT2D eigenvalue weighted by molar-refractivity contribution is 5.57. The molecule has 0 aromatic heterocycles. The number of aliphatic hydroxyl groups is 1. The van der Waals surface area contributed by atoms with Gasteiger partial charge in [-0.15, -0.1) is 0 Å². The van der Waals surface area contributed by atoms with Crippen LogP contribution in [0, 0.1) is 0 Å². The molecule has 2 aliphatic heterocycles. The third-order valence-corrected chi connectivity index (χ3v) is 4.69. The van der Waals surface area contributed by atoms with Gasteiger partial charge in [0.25, 0.3) is 0 Å². The molecular formula is C17H27N3O. The Balaban J connectivity index is 1.53. The summed E-state index contributed by atoms with van der Waals surface area (Å²) in [6.45, 7) is 8.15. The summed E-state index contributed by atoms with van der Waals surface area (Å²) in [5.74, 6) is 0. The molecule has 2 fully saturated rings. The predicted octanol–water partition coefficient (Wildman–Crippen LogP) is 1.79. The average Bonchev–Trinajstić information content (AvgIpc) is 3.08. The lowest BCUT2D eigenvalue weighted by Crippen LogP contribution is -2.46. The molecule has 1 aromatic carbocycles. The molecule has 4 heteroatoms. The van der Waals surface area contributed by atoms with Crippen molar-refractivity contribution in [2.75, 3.05) is 62.2 Å². The molecule has 1 N–H and O–H groups in total. The van der Waals surface area contributed by atoms with Crippen molar-refractivity contribution in [3.63, 3.8) is 0 Å². The highest BCUT2D eigenvalue weighted by atomic mass is 16.3. The Morgan fingerprint density at radius 1 is 0.762 bits per heavy atom. The van der Waals surface area contributed by atoms with Crippen molar-refractivity contribution in [2.45, 2.75) is 19.3 Å². The van der Waals surface area contributed by atoms with Gasteiger partial charge in [0, 0.05) is 63.8 Å². The molecule has 0 spiro atoms. The zero-order valence-corrected chi connectivity index (χ0v) is 12.9. The topological polar surface area (TPSA) is 30.0 Å². The number of hydrogen-bond donors (Lipinski definition) is 1. The Kier molecular flexibility index (Phi) is 4.99. The zero-order valence-electron chi connectivity index (χ0n) is 12.9. The summed E-state index contributed by atoms with van der Waals surface area (Å²) in [6.07, 6.45) is 3.56. The lowest BCUT2D eigenvalue weighted by Gasteiger charge is -2.36. The van der Waals surface area contributed by atoms with Crippen LogP contribution in [0.2, 0.25) is 0 Å². The minimum absolute atomic E-state index is 0.304. The summed E-state index contributed by atoms with van der Waals surface area (Å²) in [6, 6.07) is 9.10. The molecule has 21 heavy (non-hydrogen) atoms. The van der Waals surface area contributed by atoms with E-state index >= 15 is 0 Å². The molecule has 0 saturated carbocycles. The fourth-order valence-corrected chi connectivity index (χ4v) is 3.37. The molecule has 116 valence electrons. The Hall–Kier alpha value is -1.26. The van der Waals surface area contributed by atoms with Gasteiger partial charge >= 0.3 is 0 Å². The molecule has 0 aliphatic carbocycles. The minimum Gasteiger partial charge on any atom is -0.396 e. The van der Waals surface area contributed by atoms with E-state index in [2.05, 4.69) is 39.0 Å². The molecule has 0 radical (unpaired) electrons. The van der Waals surface area contributed by atoms with Gasteiger partial charge in [0.05, 0.1) is 0 Å². The average molecular weight is 289 g/mol. The molecule has 0 unspecified atom stereocenters. The van der Waals surface area contributed by atoms with Gasteiger partial charge in [-0.25, -0.2) is 0 Å². The monoisotopic (exact) mass is 289 g/mol. The first kappa shape index (κ1) is 14.7. The third-order valence-electron chi connectivity index (χ3n) is 4.69. The fourth-order valence-electron chi connectivity index (χ4n) is 3.37. The summed E-state index contributed by atoms with van der Waals surface area (Å²) < 4.78 is 0. The van der Waals surface area contributed by atoms with Crippen molar-refractivity contribution in [3.8, 4) is 0 Å². The van der Waals surface area contributed by atoms with Gasteiger partial charge in [-0.3, -0.25) is 4.90 Å². The Morgan fingerprint density at radius 3 is 1.81 bits per heavy atom. The lowest BCUT2D eigenvalue weighted by atomic mass is 10.2. The highest BCUT2D eigenvalue weighted by Gasteiger charge is 2.17. The number of piperazine rings is 1. The van der Waals surface area contributed by atoms with Gasteiger partial charge in [0.15, 0.2) is 0 Å². The van der Waals surface area contributed by atoms with E-state index in [1.54, 1.807) is 0 Å². The first-order valence-corrected chi connectivity index (χ1v) is 8.30. The van der Waals surface area contributed by atoms with Gasteiger partial charge in [-0.05, 0) is 43.5 Å². The van der Waals surface area contributed by atoms with Crippen LogP contribution in [-0.4, -0.2) is 62.4 Å². The maximum absolute atomic E-state index is 8.90. The summed E-state index contributed by atoms with van der Waals surface area (Å²) in [5, 5.41) is 8.90. The van der Waals surface area contributed by atoms with E-state index in [1.165, 1.54) is 37.3 Å². The fraction of sp³-hybridized carbons (Fsp3) is 0.647. The SMILES string of the molecule is OCCCN1CCN(c2ccc(N3CCCC3)cc2)CC1. The normalized spacial score (nSPS) is 20.2. The second kappa shape index (κ2) is 7.14. The van der Waals surface area contributed by atoms with Crippen molar-refractivity contribution in [3.05, 3.63) is 24.3 Å². The number of anilines is 2. The summed E-state index contributed by atoms with van der Waals surface area (Å²) >= 11 is 0. The second-order valence-electron chi connectivity index (χ2n) is 6.12. The van der Waals surface area contributed by atoms with Crippen molar-refractivity contribution >= 4 is 11.4 Å². The van der Waals surface area contributed by atoms with Crippen LogP contribution in [0.25, 0.3) is 0 Å². The van der Waals surface area contributed by atoms with Gasteiger partial charge in [0.2, 0.25) is 0 Å². The number of benzene rings is 1. The molecule has 1 aromatic rings. The second-order valence-corrected chi connectivity index (χ2v) is 6.12. The van der Waals surface area contributed by atoms with E-state index in [-0.39, 0.29) is 0 Å². The maximum Gasteiger partial charge on any atom is 0.0443 e. The third kappa shape index (κ3) is 3.69. The molecule has 4 nitrogen and oxygen atoms in total. The van der Waals surface area contributed by atoms with E-state index in [4.69, 9.17) is 5.11 Å². The number of aliphatic hydroxyl groups excluding tert-OH is 1. The van der Waals surface area contributed by atoms with E-state index in [1.807, 2.05) is 0 Å². The lowest BCUT2D eigenvalue weighted by molar-refractivity contribution is 0.216. The van der Waals surface area contributed by atoms with Gasteiger partial charge < -0.3 is 14.9 Å². The van der Waals surface area contributed by atoms with E-state index in [0.29, 0.717) is 6.61 Å². The van der Waals surface area contributed by atoms with Crippen LogP contribution < -0.4 is 9.80 Å². The number of hydrogen-bond acceptors (Lipinski definition) is 4. The van der Waals surface area contributed by atoms with E-state index < -0.39 is 0 Å². The first-order valence-electron chi connectivity index (χ1n) is 8.30. The van der Waals surface area contributed by atoms with Crippen LogP contribution in [0.5, 0.6) is 0 Å². The molecule has 2 aliphatic rings. The maximum atomic E-state index is 8.90. The molecule has 2 heterocycles. The highest BCUT2D eigenvalue weighted by Crippen LogP contribution is 2.24. The first-order chi connectivity index (χ1) is 10.4. The molecule has 0 atom stereocenters. The minimum atomic E-state index is 0.304. The standard InChI is InChI=1S/C17H27N3O/c21-15-3-8-18-11-13-20(14-12-18)17-6-4-16(5-7-17)19-9-1-2-10-19/h4-7,21H,1-3,8-15H2. The van der Waals surface area contributed by atoms with Crippen LogP contribution in [0.15, 0.2) is 24.3 Å². The van der Waals surface area contributed by atoms with Crippen LogP contribution in [0.4, 0.5) is 11.4 Å². The molecule has 2 saturated heterocycles. The summed E-state index contributed by atoms with van der Waals surface area (Å²) in [7, 11) is 0. The van der Waals surface area contributed by atoms with Gasteiger partial charge in [-0.1, -0.05) is 0 Å². The van der Waals surface area contributed by atoms with Crippen molar-refractivity contribution in [2.24, 2.45) is 0 Å². The number of nitrogens with zero attached hydrogens (tertiary/aromatic N) is 3. The largest absolute Gasteiger partial charge is 0.396 e. The molecule has 0 bridgehead atoms. The molecular weight excluding hydrogens is 262 g/mol. The van der Waals surface area contributed by atoms with Crippen LogP contribution in [0.3, 0.4) is 0 Å². The van der Waals surface area contributed by atoms with Crippen LogP contribution in [-0.2, 0) is 0 Å².